The van der Waals surface area contributed by atoms with Crippen LogP contribution in [-0.2, 0) is 6.61 Å². The third-order valence-electron chi connectivity index (χ3n) is 6.71. The van der Waals surface area contributed by atoms with Gasteiger partial charge in [-0.3, -0.25) is 14.4 Å². The summed E-state index contributed by atoms with van der Waals surface area (Å²) in [5, 5.41) is 15.4. The Morgan fingerprint density at radius 1 is 0.838 bits per heavy atom. The van der Waals surface area contributed by atoms with E-state index in [9.17, 15) is 19.5 Å². The van der Waals surface area contributed by atoms with Crippen LogP contribution in [0.25, 0.3) is 21.7 Å². The van der Waals surface area contributed by atoms with Crippen LogP contribution in [0.2, 0.25) is 5.02 Å². The Morgan fingerprint density at radius 2 is 1.51 bits per heavy atom. The second-order valence-corrected chi connectivity index (χ2v) is 9.37. The van der Waals surface area contributed by atoms with Crippen LogP contribution in [0, 0.1) is 0 Å². The molecule has 1 heterocycles. The predicted octanol–water partition coefficient (Wildman–Crippen LogP) is 5.95. The molecule has 37 heavy (non-hydrogen) atoms. The molecule has 0 aliphatic heterocycles. The van der Waals surface area contributed by atoms with E-state index in [1.165, 1.54) is 6.07 Å². The molecule has 4 aromatic carbocycles. The number of amides is 1. The second kappa shape index (κ2) is 8.92. The summed E-state index contributed by atoms with van der Waals surface area (Å²) in [5.74, 6) is -2.08. The van der Waals surface area contributed by atoms with Crippen LogP contribution in [-0.4, -0.2) is 27.6 Å². The number of fused-ring (bicyclic) bond motifs is 3. The quantitative estimate of drug-likeness (QED) is 0.294. The van der Waals surface area contributed by atoms with Crippen molar-refractivity contribution in [2.45, 2.75) is 12.5 Å². The Hall–Kier alpha value is -4.39. The zero-order valence-corrected chi connectivity index (χ0v) is 20.1. The van der Waals surface area contributed by atoms with Crippen molar-refractivity contribution in [2.75, 3.05) is 5.32 Å². The number of nitrogens with one attached hydrogen (secondary N) is 1. The maximum Gasteiger partial charge on any atom is 0.256 e. The fourth-order valence-electron chi connectivity index (χ4n) is 4.86. The summed E-state index contributed by atoms with van der Waals surface area (Å²) in [4.78, 5) is 44.5. The number of halogens is 1. The molecule has 0 saturated carbocycles. The van der Waals surface area contributed by atoms with Gasteiger partial charge in [0, 0.05) is 27.1 Å². The molecule has 0 spiro atoms. The number of nitrogens with zero attached hydrogens (tertiary/aromatic N) is 1. The summed E-state index contributed by atoms with van der Waals surface area (Å²) in [6.07, 6.45) is 0. The van der Waals surface area contributed by atoms with E-state index in [2.05, 4.69) is 10.3 Å². The number of aliphatic hydroxyl groups excluding tert-OH is 1. The van der Waals surface area contributed by atoms with Crippen LogP contribution in [0.15, 0.2) is 84.9 Å². The van der Waals surface area contributed by atoms with Crippen molar-refractivity contribution >= 4 is 56.4 Å². The van der Waals surface area contributed by atoms with E-state index in [0.717, 1.165) is 16.2 Å². The number of anilines is 1. The molecular weight excluding hydrogens is 488 g/mol. The van der Waals surface area contributed by atoms with Crippen LogP contribution in [0.1, 0.15) is 48.2 Å². The predicted molar refractivity (Wildman–Crippen MR) is 142 cm³/mol. The van der Waals surface area contributed by atoms with Crippen molar-refractivity contribution in [1.29, 1.82) is 0 Å². The molecule has 0 unspecified atom stereocenters. The molecule has 0 bridgehead atoms. The molecule has 1 aliphatic carbocycles. The number of para-hydroxylation sites is 1. The lowest BCUT2D eigenvalue weighted by Crippen LogP contribution is -2.16. The zero-order chi connectivity index (χ0) is 25.7. The molecular formula is C30H19ClN2O4. The Kier molecular flexibility index (Phi) is 5.56. The van der Waals surface area contributed by atoms with Gasteiger partial charge >= 0.3 is 0 Å². The van der Waals surface area contributed by atoms with Gasteiger partial charge in [0.25, 0.3) is 5.91 Å². The second-order valence-electron chi connectivity index (χ2n) is 8.93. The Morgan fingerprint density at radius 3 is 2.19 bits per heavy atom. The fourth-order valence-corrected chi connectivity index (χ4v) is 5.03. The summed E-state index contributed by atoms with van der Waals surface area (Å²) in [6, 6.07) is 24.6. The van der Waals surface area contributed by atoms with Gasteiger partial charge in [-0.2, -0.15) is 0 Å². The molecule has 1 amide bonds. The van der Waals surface area contributed by atoms with Crippen LogP contribution < -0.4 is 5.32 Å². The normalized spacial score (nSPS) is 13.4. The minimum absolute atomic E-state index is 0.242. The smallest absolute Gasteiger partial charge is 0.256 e. The van der Waals surface area contributed by atoms with Crippen molar-refractivity contribution in [3.05, 3.63) is 118 Å². The maximum atomic E-state index is 13.4. The van der Waals surface area contributed by atoms with Crippen molar-refractivity contribution in [3.63, 3.8) is 0 Å². The lowest BCUT2D eigenvalue weighted by molar-refractivity contribution is 0.0887. The Bertz CT molecular complexity index is 1720. The monoisotopic (exact) mass is 506 g/mol. The number of aromatic nitrogens is 1. The standard InChI is InChI=1S/C30H19ClN2O4/c31-20-10-8-19(15-34)21(14-20)30(37)33-25-7-3-6-16-9-11-24(32-27(16)25)26-28(35)22-12-17-4-1-2-5-18(17)13-23(22)29(26)36/h1-14,26,34H,15H2,(H,33,37). The number of hydrogen-bond donors (Lipinski definition) is 2. The molecule has 1 aliphatic rings. The fraction of sp³-hybridized carbons (Fsp3) is 0.0667. The highest BCUT2D eigenvalue weighted by Gasteiger charge is 2.40. The van der Waals surface area contributed by atoms with Gasteiger partial charge in [0.2, 0.25) is 0 Å². The molecule has 180 valence electrons. The van der Waals surface area contributed by atoms with Crippen LogP contribution in [0.5, 0.6) is 0 Å². The molecule has 0 atom stereocenters. The lowest BCUT2D eigenvalue weighted by atomic mass is 9.98. The summed E-state index contributed by atoms with van der Waals surface area (Å²) in [5.41, 5.74) is 2.65. The first-order chi connectivity index (χ1) is 17.9. The van der Waals surface area contributed by atoms with E-state index in [0.29, 0.717) is 38.6 Å². The summed E-state index contributed by atoms with van der Waals surface area (Å²) >= 11 is 6.07. The van der Waals surface area contributed by atoms with Crippen molar-refractivity contribution < 1.29 is 19.5 Å². The average Bonchev–Trinajstić information content (AvgIpc) is 3.16. The van der Waals surface area contributed by atoms with E-state index < -0.39 is 11.8 Å². The molecule has 6 rings (SSSR count). The highest BCUT2D eigenvalue weighted by atomic mass is 35.5. The largest absolute Gasteiger partial charge is 0.392 e. The first-order valence-electron chi connectivity index (χ1n) is 11.7. The molecule has 2 N–H and O–H groups in total. The number of ketones is 2. The van der Waals surface area contributed by atoms with Crippen LogP contribution >= 0.6 is 11.6 Å². The van der Waals surface area contributed by atoms with Gasteiger partial charge in [-0.25, -0.2) is 4.98 Å². The number of Topliss-reactive ketones (excluding diaryl/α,β-unsaturated/α-hetero) is 2. The van der Waals surface area contributed by atoms with Gasteiger partial charge in [0.1, 0.15) is 5.92 Å². The SMILES string of the molecule is O=C(Nc1cccc2ccc(C3C(=O)c4cc5ccccc5cc4C3=O)nc12)c1cc(Cl)ccc1CO. The Balaban J connectivity index is 1.40. The van der Waals surface area contributed by atoms with E-state index in [4.69, 9.17) is 11.6 Å². The first kappa shape index (κ1) is 23.0. The molecule has 0 fully saturated rings. The molecule has 1 aromatic heterocycles. The lowest BCUT2D eigenvalue weighted by Gasteiger charge is -2.13. The number of carbonyl (C=O) groups is 3. The molecule has 0 radical (unpaired) electrons. The van der Waals surface area contributed by atoms with E-state index >= 15 is 0 Å². The molecule has 7 heteroatoms. The summed E-state index contributed by atoms with van der Waals surface area (Å²) in [6.45, 7) is -0.320. The summed E-state index contributed by atoms with van der Waals surface area (Å²) in [7, 11) is 0. The van der Waals surface area contributed by atoms with E-state index in [1.54, 1.807) is 48.5 Å². The molecule has 6 nitrogen and oxygen atoms in total. The number of pyridine rings is 1. The minimum Gasteiger partial charge on any atom is -0.392 e. The van der Waals surface area contributed by atoms with Crippen LogP contribution in [0.4, 0.5) is 5.69 Å². The van der Waals surface area contributed by atoms with Gasteiger partial charge in [-0.1, -0.05) is 60.1 Å². The van der Waals surface area contributed by atoms with Crippen molar-refractivity contribution in [3.8, 4) is 0 Å². The van der Waals surface area contributed by atoms with E-state index in [-0.39, 0.29) is 23.7 Å². The van der Waals surface area contributed by atoms with Gasteiger partial charge in [0.05, 0.1) is 23.5 Å². The zero-order valence-electron chi connectivity index (χ0n) is 19.4. The number of rotatable bonds is 4. The molecule has 5 aromatic rings. The number of carbonyl (C=O) groups excluding carboxylic acids is 3. The molecule has 0 saturated heterocycles. The third-order valence-corrected chi connectivity index (χ3v) is 6.95. The topological polar surface area (TPSA) is 96.4 Å². The van der Waals surface area contributed by atoms with Crippen molar-refractivity contribution in [1.82, 2.24) is 4.98 Å². The van der Waals surface area contributed by atoms with Crippen molar-refractivity contribution in [2.24, 2.45) is 0 Å². The van der Waals surface area contributed by atoms with Gasteiger partial charge in [0.15, 0.2) is 11.6 Å². The Labute approximate surface area is 216 Å². The summed E-state index contributed by atoms with van der Waals surface area (Å²) < 4.78 is 0. The number of hydrogen-bond acceptors (Lipinski definition) is 5. The highest BCUT2D eigenvalue weighted by molar-refractivity contribution is 6.31. The third kappa shape index (κ3) is 3.87. The first-order valence-corrected chi connectivity index (χ1v) is 12.0. The number of aliphatic hydroxyl groups is 1. The van der Waals surface area contributed by atoms with Gasteiger partial charge < -0.3 is 10.4 Å². The van der Waals surface area contributed by atoms with Gasteiger partial charge in [-0.15, -0.1) is 0 Å². The highest BCUT2D eigenvalue weighted by Crippen LogP contribution is 2.37. The van der Waals surface area contributed by atoms with Crippen LogP contribution in [0.3, 0.4) is 0 Å². The maximum absolute atomic E-state index is 13.4. The average molecular weight is 507 g/mol. The van der Waals surface area contributed by atoms with Gasteiger partial charge in [-0.05, 0) is 52.7 Å². The number of benzene rings is 4. The van der Waals surface area contributed by atoms with E-state index in [1.807, 2.05) is 30.3 Å². The minimum atomic E-state index is -1.05.